The standard InChI is InChI=1S/C15H15ClN2O2/c1-18(10-11-5-3-6-12(9-11)20-2)15(19)13-7-4-8-17-14(13)16/h3-9H,10H2,1-2H3. The molecule has 5 heteroatoms. The van der Waals surface area contributed by atoms with E-state index < -0.39 is 0 Å². The van der Waals surface area contributed by atoms with E-state index in [-0.39, 0.29) is 11.1 Å². The van der Waals surface area contributed by atoms with Gasteiger partial charge in [-0.15, -0.1) is 0 Å². The summed E-state index contributed by atoms with van der Waals surface area (Å²) in [4.78, 5) is 17.8. The Morgan fingerprint density at radius 2 is 2.15 bits per heavy atom. The second kappa shape index (κ2) is 6.39. The first kappa shape index (κ1) is 14.3. The number of carbonyl (C=O) groups excluding carboxylic acids is 1. The monoisotopic (exact) mass is 290 g/mol. The summed E-state index contributed by atoms with van der Waals surface area (Å²) in [6.45, 7) is 0.473. The Labute approximate surface area is 123 Å². The predicted octanol–water partition coefficient (Wildman–Crippen LogP) is 3.02. The van der Waals surface area contributed by atoms with E-state index >= 15 is 0 Å². The summed E-state index contributed by atoms with van der Waals surface area (Å²) in [7, 11) is 3.34. The molecule has 1 heterocycles. The Morgan fingerprint density at radius 3 is 2.85 bits per heavy atom. The maximum Gasteiger partial charge on any atom is 0.257 e. The van der Waals surface area contributed by atoms with E-state index in [9.17, 15) is 4.79 Å². The quantitative estimate of drug-likeness (QED) is 0.813. The molecule has 0 N–H and O–H groups in total. The lowest BCUT2D eigenvalue weighted by atomic mass is 10.2. The molecule has 0 aliphatic rings. The minimum Gasteiger partial charge on any atom is -0.497 e. The number of amides is 1. The van der Waals surface area contributed by atoms with Crippen LogP contribution >= 0.6 is 11.6 Å². The molecule has 0 spiro atoms. The lowest BCUT2D eigenvalue weighted by Crippen LogP contribution is -2.26. The zero-order valence-corrected chi connectivity index (χ0v) is 12.1. The van der Waals surface area contributed by atoms with Crippen molar-refractivity contribution < 1.29 is 9.53 Å². The minimum atomic E-state index is -0.161. The fraction of sp³-hybridized carbons (Fsp3) is 0.200. The number of rotatable bonds is 4. The van der Waals surface area contributed by atoms with Crippen LogP contribution in [0.15, 0.2) is 42.6 Å². The maximum absolute atomic E-state index is 12.3. The Hall–Kier alpha value is -2.07. The van der Waals surface area contributed by atoms with Crippen LogP contribution in [0.3, 0.4) is 0 Å². The Kier molecular flexibility index (Phi) is 4.58. The Balaban J connectivity index is 2.13. The van der Waals surface area contributed by atoms with Gasteiger partial charge in [-0.2, -0.15) is 0 Å². The molecule has 0 saturated carbocycles. The second-order valence-electron chi connectivity index (χ2n) is 4.35. The number of methoxy groups -OCH3 is 1. The van der Waals surface area contributed by atoms with Crippen LogP contribution in [0, 0.1) is 0 Å². The summed E-state index contributed by atoms with van der Waals surface area (Å²) >= 11 is 5.94. The molecule has 0 fully saturated rings. The van der Waals surface area contributed by atoms with E-state index in [2.05, 4.69) is 4.98 Å². The first-order chi connectivity index (χ1) is 9.61. The summed E-state index contributed by atoms with van der Waals surface area (Å²) in [6.07, 6.45) is 1.56. The lowest BCUT2D eigenvalue weighted by Gasteiger charge is -2.18. The molecule has 0 atom stereocenters. The molecule has 0 radical (unpaired) electrons. The van der Waals surface area contributed by atoms with Crippen LogP contribution in [0.4, 0.5) is 0 Å². The average Bonchev–Trinajstić information content (AvgIpc) is 2.47. The van der Waals surface area contributed by atoms with Crippen LogP contribution < -0.4 is 4.74 Å². The van der Waals surface area contributed by atoms with Crippen LogP contribution in [0.5, 0.6) is 5.75 Å². The molecule has 1 amide bonds. The molecule has 0 bridgehead atoms. The highest BCUT2D eigenvalue weighted by molar-refractivity contribution is 6.32. The lowest BCUT2D eigenvalue weighted by molar-refractivity contribution is 0.0784. The molecule has 0 aliphatic heterocycles. The average molecular weight is 291 g/mol. The van der Waals surface area contributed by atoms with Gasteiger partial charge < -0.3 is 9.64 Å². The first-order valence-electron chi connectivity index (χ1n) is 6.10. The third-order valence-corrected chi connectivity index (χ3v) is 3.19. The number of benzene rings is 1. The van der Waals surface area contributed by atoms with Gasteiger partial charge in [-0.05, 0) is 29.8 Å². The molecular weight excluding hydrogens is 276 g/mol. The van der Waals surface area contributed by atoms with Crippen molar-refractivity contribution in [3.05, 3.63) is 58.9 Å². The largest absolute Gasteiger partial charge is 0.497 e. The molecule has 1 aromatic heterocycles. The van der Waals surface area contributed by atoms with E-state index in [0.29, 0.717) is 12.1 Å². The zero-order valence-electron chi connectivity index (χ0n) is 11.3. The van der Waals surface area contributed by atoms with Crippen molar-refractivity contribution >= 4 is 17.5 Å². The molecule has 2 aromatic rings. The van der Waals surface area contributed by atoms with Crippen LogP contribution in [-0.2, 0) is 6.54 Å². The number of aromatic nitrogens is 1. The first-order valence-corrected chi connectivity index (χ1v) is 6.48. The van der Waals surface area contributed by atoms with Crippen LogP contribution in [0.25, 0.3) is 0 Å². The van der Waals surface area contributed by atoms with E-state index in [1.807, 2.05) is 24.3 Å². The number of carbonyl (C=O) groups is 1. The third-order valence-electron chi connectivity index (χ3n) is 2.89. The summed E-state index contributed by atoms with van der Waals surface area (Å²) in [5, 5.41) is 0.218. The highest BCUT2D eigenvalue weighted by atomic mass is 35.5. The number of hydrogen-bond donors (Lipinski definition) is 0. The summed E-state index contributed by atoms with van der Waals surface area (Å²) in [5.41, 5.74) is 1.39. The molecule has 104 valence electrons. The Bertz CT molecular complexity index is 616. The highest BCUT2D eigenvalue weighted by Gasteiger charge is 2.15. The fourth-order valence-electron chi connectivity index (χ4n) is 1.87. The van der Waals surface area contributed by atoms with Gasteiger partial charge in [0, 0.05) is 19.8 Å². The van der Waals surface area contributed by atoms with Gasteiger partial charge in [0.2, 0.25) is 0 Å². The number of pyridine rings is 1. The number of halogens is 1. The molecule has 1 aromatic carbocycles. The molecule has 4 nitrogen and oxygen atoms in total. The molecular formula is C15H15ClN2O2. The van der Waals surface area contributed by atoms with Gasteiger partial charge in [0.05, 0.1) is 12.7 Å². The van der Waals surface area contributed by atoms with Crippen molar-refractivity contribution in [3.8, 4) is 5.75 Å². The molecule has 20 heavy (non-hydrogen) atoms. The van der Waals surface area contributed by atoms with Crippen molar-refractivity contribution in [1.29, 1.82) is 0 Å². The number of hydrogen-bond acceptors (Lipinski definition) is 3. The van der Waals surface area contributed by atoms with Gasteiger partial charge in [0.1, 0.15) is 10.9 Å². The van der Waals surface area contributed by atoms with Crippen molar-refractivity contribution in [3.63, 3.8) is 0 Å². The highest BCUT2D eigenvalue weighted by Crippen LogP contribution is 2.17. The van der Waals surface area contributed by atoms with Gasteiger partial charge in [0.25, 0.3) is 5.91 Å². The maximum atomic E-state index is 12.3. The molecule has 2 rings (SSSR count). The van der Waals surface area contributed by atoms with Gasteiger partial charge in [-0.25, -0.2) is 4.98 Å². The van der Waals surface area contributed by atoms with Crippen molar-refractivity contribution in [2.24, 2.45) is 0 Å². The van der Waals surface area contributed by atoms with Crippen molar-refractivity contribution in [2.45, 2.75) is 6.54 Å². The van der Waals surface area contributed by atoms with E-state index in [1.54, 1.807) is 37.4 Å². The van der Waals surface area contributed by atoms with Gasteiger partial charge in [-0.1, -0.05) is 23.7 Å². The van der Waals surface area contributed by atoms with Crippen LogP contribution in [-0.4, -0.2) is 29.9 Å². The summed E-state index contributed by atoms with van der Waals surface area (Å²) in [5.74, 6) is 0.605. The van der Waals surface area contributed by atoms with E-state index in [1.165, 1.54) is 0 Å². The predicted molar refractivity (Wildman–Crippen MR) is 78.0 cm³/mol. The molecule has 0 saturated heterocycles. The minimum absolute atomic E-state index is 0.161. The Morgan fingerprint density at radius 1 is 1.35 bits per heavy atom. The van der Waals surface area contributed by atoms with Gasteiger partial charge in [0.15, 0.2) is 0 Å². The fourth-order valence-corrected chi connectivity index (χ4v) is 2.07. The van der Waals surface area contributed by atoms with E-state index in [0.717, 1.165) is 11.3 Å². The van der Waals surface area contributed by atoms with Crippen molar-refractivity contribution in [2.75, 3.05) is 14.2 Å². The normalized spacial score (nSPS) is 10.2. The topological polar surface area (TPSA) is 42.4 Å². The number of ether oxygens (including phenoxy) is 1. The third kappa shape index (κ3) is 3.27. The van der Waals surface area contributed by atoms with Gasteiger partial charge in [-0.3, -0.25) is 4.79 Å². The SMILES string of the molecule is COc1cccc(CN(C)C(=O)c2cccnc2Cl)c1. The van der Waals surface area contributed by atoms with Crippen LogP contribution in [0.1, 0.15) is 15.9 Å². The summed E-state index contributed by atoms with van der Waals surface area (Å²) in [6, 6.07) is 11.0. The van der Waals surface area contributed by atoms with Gasteiger partial charge >= 0.3 is 0 Å². The second-order valence-corrected chi connectivity index (χ2v) is 4.71. The zero-order chi connectivity index (χ0) is 14.5. The van der Waals surface area contributed by atoms with E-state index in [4.69, 9.17) is 16.3 Å². The molecule has 0 aliphatic carbocycles. The number of nitrogens with zero attached hydrogens (tertiary/aromatic N) is 2. The van der Waals surface area contributed by atoms with Crippen LogP contribution in [0.2, 0.25) is 5.15 Å². The smallest absolute Gasteiger partial charge is 0.257 e. The summed E-state index contributed by atoms with van der Waals surface area (Å²) < 4.78 is 5.17. The van der Waals surface area contributed by atoms with Crippen molar-refractivity contribution in [1.82, 2.24) is 9.88 Å². The molecule has 0 unspecified atom stereocenters.